The summed E-state index contributed by atoms with van der Waals surface area (Å²) >= 11 is 0. The summed E-state index contributed by atoms with van der Waals surface area (Å²) in [6.07, 6.45) is 10.9. The molecule has 9 atom stereocenters. The zero-order valence-corrected chi connectivity index (χ0v) is 26.1. The van der Waals surface area contributed by atoms with Crippen LogP contribution in [0.25, 0.3) is 0 Å². The number of halogens is 1. The van der Waals surface area contributed by atoms with Gasteiger partial charge in [0.2, 0.25) is 5.91 Å². The molecule has 2 amide bonds. The highest BCUT2D eigenvalue weighted by molar-refractivity contribution is 6.20. The van der Waals surface area contributed by atoms with E-state index >= 15 is 4.39 Å². The van der Waals surface area contributed by atoms with Gasteiger partial charge < -0.3 is 30.1 Å². The SMILES string of the molecule is CN(C)CCCCNC(=O)C1=CN2C3CC4CCCCC4CC3OC3C(NC(=O)CCN4CCCC4)C(F)CC(C1=O)C32. The molecule has 9 unspecified atom stereocenters. The van der Waals surface area contributed by atoms with E-state index in [9.17, 15) is 14.4 Å². The number of likely N-dealkylation sites (tertiary alicyclic amines) is 1. The monoisotopic (exact) mass is 601 g/mol. The van der Waals surface area contributed by atoms with E-state index in [1.165, 1.54) is 25.7 Å². The third-order valence-electron chi connectivity index (χ3n) is 11.2. The number of Topliss-reactive ketones (excluding diaryl/α,β-unsaturated/α-hetero) is 1. The molecule has 9 nitrogen and oxygen atoms in total. The number of nitrogens with zero attached hydrogens (tertiary/aromatic N) is 3. The van der Waals surface area contributed by atoms with Crippen molar-refractivity contribution in [3.63, 3.8) is 0 Å². The molecule has 0 aromatic carbocycles. The summed E-state index contributed by atoms with van der Waals surface area (Å²) in [5.41, 5.74) is 0.152. The minimum absolute atomic E-state index is 0.00612. The normalized spacial score (nSPS) is 37.3. The first kappa shape index (κ1) is 31.0. The van der Waals surface area contributed by atoms with Gasteiger partial charge in [0, 0.05) is 31.6 Å². The van der Waals surface area contributed by atoms with Gasteiger partial charge in [0.1, 0.15) is 12.3 Å². The van der Waals surface area contributed by atoms with Gasteiger partial charge in [-0.2, -0.15) is 0 Å². The van der Waals surface area contributed by atoms with E-state index in [1.807, 2.05) is 14.1 Å². The lowest BCUT2D eigenvalue weighted by atomic mass is 9.65. The molecule has 3 heterocycles. The number of ketones is 1. The van der Waals surface area contributed by atoms with E-state index in [2.05, 4.69) is 25.3 Å². The lowest BCUT2D eigenvalue weighted by Crippen LogP contribution is -2.73. The first-order chi connectivity index (χ1) is 20.8. The molecular formula is C33H52FN5O4. The van der Waals surface area contributed by atoms with Gasteiger partial charge in [-0.15, -0.1) is 0 Å². The highest BCUT2D eigenvalue weighted by Gasteiger charge is 2.60. The molecule has 0 aromatic heterocycles. The summed E-state index contributed by atoms with van der Waals surface area (Å²) in [5.74, 6) is -0.243. The number of unbranched alkanes of at least 4 members (excludes halogenated alkanes) is 1. The molecule has 2 saturated heterocycles. The molecule has 5 fully saturated rings. The smallest absolute Gasteiger partial charge is 0.256 e. The summed E-state index contributed by atoms with van der Waals surface area (Å²) in [6, 6.07) is -1.11. The van der Waals surface area contributed by atoms with E-state index in [1.54, 1.807) is 6.20 Å². The van der Waals surface area contributed by atoms with Crippen LogP contribution in [0.3, 0.4) is 0 Å². The van der Waals surface area contributed by atoms with Crippen molar-refractivity contribution in [1.29, 1.82) is 0 Å². The van der Waals surface area contributed by atoms with Gasteiger partial charge in [-0.05, 0) is 90.5 Å². The molecule has 3 saturated carbocycles. The molecule has 6 aliphatic rings. The predicted molar refractivity (Wildman–Crippen MR) is 162 cm³/mol. The first-order valence-corrected chi connectivity index (χ1v) is 17.1. The number of amides is 2. The number of alkyl halides is 1. The molecule has 0 bridgehead atoms. The van der Waals surface area contributed by atoms with E-state index in [0.29, 0.717) is 31.3 Å². The van der Waals surface area contributed by atoms with Crippen LogP contribution in [0, 0.1) is 17.8 Å². The van der Waals surface area contributed by atoms with Crippen LogP contribution in [0.1, 0.15) is 77.0 Å². The topological polar surface area (TPSA) is 94.2 Å². The molecule has 0 aromatic rings. The second-order valence-corrected chi connectivity index (χ2v) is 14.3. The zero-order valence-electron chi connectivity index (χ0n) is 26.1. The second kappa shape index (κ2) is 13.5. The average Bonchev–Trinajstić information content (AvgIpc) is 3.51. The Hall–Kier alpha value is -2.04. The number of nitrogens with one attached hydrogen (secondary N) is 2. The number of morpholine rings is 1. The Bertz CT molecular complexity index is 1060. The Morgan fingerprint density at radius 1 is 1.05 bits per heavy atom. The van der Waals surface area contributed by atoms with Gasteiger partial charge >= 0.3 is 0 Å². The molecule has 0 radical (unpaired) electrons. The van der Waals surface area contributed by atoms with Crippen molar-refractivity contribution in [3.05, 3.63) is 11.8 Å². The fourth-order valence-electron chi connectivity index (χ4n) is 9.00. The van der Waals surface area contributed by atoms with Crippen molar-refractivity contribution in [1.82, 2.24) is 25.3 Å². The van der Waals surface area contributed by atoms with Crippen LogP contribution in [-0.4, -0.2) is 116 Å². The summed E-state index contributed by atoms with van der Waals surface area (Å²) < 4.78 is 22.9. The van der Waals surface area contributed by atoms with Gasteiger partial charge in [-0.1, -0.05) is 25.7 Å². The largest absolute Gasteiger partial charge is 0.368 e. The maximum Gasteiger partial charge on any atom is 0.256 e. The van der Waals surface area contributed by atoms with E-state index in [0.717, 1.165) is 58.2 Å². The van der Waals surface area contributed by atoms with Gasteiger partial charge in [0.15, 0.2) is 5.78 Å². The summed E-state index contributed by atoms with van der Waals surface area (Å²) in [4.78, 5) is 46.9. The minimum atomic E-state index is -1.41. The number of ether oxygens (including phenoxy) is 1. The maximum atomic E-state index is 16.1. The van der Waals surface area contributed by atoms with Crippen LogP contribution < -0.4 is 10.6 Å². The molecule has 10 heteroatoms. The molecule has 240 valence electrons. The summed E-state index contributed by atoms with van der Waals surface area (Å²) in [7, 11) is 4.05. The number of hydrogen-bond donors (Lipinski definition) is 2. The lowest BCUT2D eigenvalue weighted by molar-refractivity contribution is -0.208. The Kier molecular flexibility index (Phi) is 9.74. The molecular weight excluding hydrogens is 549 g/mol. The Morgan fingerprint density at radius 2 is 1.79 bits per heavy atom. The van der Waals surface area contributed by atoms with Crippen molar-refractivity contribution < 1.29 is 23.5 Å². The highest BCUT2D eigenvalue weighted by Crippen LogP contribution is 2.50. The molecule has 0 spiro atoms. The van der Waals surface area contributed by atoms with Crippen molar-refractivity contribution in [2.45, 2.75) is 114 Å². The fourth-order valence-corrected chi connectivity index (χ4v) is 9.00. The van der Waals surface area contributed by atoms with Gasteiger partial charge in [-0.3, -0.25) is 14.4 Å². The quantitative estimate of drug-likeness (QED) is 0.294. The second-order valence-electron chi connectivity index (χ2n) is 14.3. The van der Waals surface area contributed by atoms with E-state index in [-0.39, 0.29) is 47.8 Å². The van der Waals surface area contributed by atoms with Crippen LogP contribution in [0.4, 0.5) is 4.39 Å². The predicted octanol–water partition coefficient (Wildman–Crippen LogP) is 2.65. The van der Waals surface area contributed by atoms with E-state index in [4.69, 9.17) is 4.74 Å². The molecule has 3 aliphatic heterocycles. The fraction of sp³-hybridized carbons (Fsp3) is 0.848. The van der Waals surface area contributed by atoms with Crippen molar-refractivity contribution in [3.8, 4) is 0 Å². The van der Waals surface area contributed by atoms with Crippen LogP contribution >= 0.6 is 0 Å². The Morgan fingerprint density at radius 3 is 2.53 bits per heavy atom. The lowest BCUT2D eigenvalue weighted by Gasteiger charge is -2.60. The van der Waals surface area contributed by atoms with Crippen LogP contribution in [0.15, 0.2) is 11.8 Å². The number of hydrogen-bond acceptors (Lipinski definition) is 7. The van der Waals surface area contributed by atoms with Crippen molar-refractivity contribution in [2.75, 3.05) is 46.8 Å². The minimum Gasteiger partial charge on any atom is -0.368 e. The molecule has 2 N–H and O–H groups in total. The summed E-state index contributed by atoms with van der Waals surface area (Å²) in [5, 5.41) is 5.99. The number of rotatable bonds is 10. The third kappa shape index (κ3) is 6.66. The summed E-state index contributed by atoms with van der Waals surface area (Å²) in [6.45, 7) is 4.15. The van der Waals surface area contributed by atoms with Crippen LogP contribution in [0.5, 0.6) is 0 Å². The Labute approximate surface area is 256 Å². The third-order valence-corrected chi connectivity index (χ3v) is 11.2. The molecule has 43 heavy (non-hydrogen) atoms. The number of fused-ring (bicyclic) bond motifs is 3. The standard InChI is InChI=1S/C33H52FN5O4/c1-37(2)13-6-5-12-35-33(42)24-20-39-26-17-21-9-3-4-10-22(21)18-27(26)43-32-29(25(34)19-23(30(32)39)31(24)41)36-28(40)11-16-38-14-7-8-15-38/h20-23,25-27,29-30,32H,3-19H2,1-2H3,(H,35,42)(H,36,40). The van der Waals surface area contributed by atoms with Gasteiger partial charge in [0.25, 0.3) is 5.91 Å². The van der Waals surface area contributed by atoms with Crippen molar-refractivity contribution >= 4 is 17.6 Å². The molecule has 3 aliphatic carbocycles. The van der Waals surface area contributed by atoms with Crippen molar-refractivity contribution in [2.24, 2.45) is 17.8 Å². The highest BCUT2D eigenvalue weighted by atomic mass is 19.1. The van der Waals surface area contributed by atoms with Crippen LogP contribution in [0.2, 0.25) is 0 Å². The zero-order chi connectivity index (χ0) is 30.1. The maximum absolute atomic E-state index is 16.1. The van der Waals surface area contributed by atoms with Gasteiger partial charge in [-0.25, -0.2) is 4.39 Å². The number of carbonyl (C=O) groups excluding carboxylic acids is 3. The van der Waals surface area contributed by atoms with Crippen LogP contribution in [-0.2, 0) is 19.1 Å². The van der Waals surface area contributed by atoms with E-state index < -0.39 is 24.2 Å². The number of carbonyl (C=O) groups is 3. The first-order valence-electron chi connectivity index (χ1n) is 17.1. The average molecular weight is 602 g/mol. The Balaban J connectivity index is 1.22. The molecule has 6 rings (SSSR count). The van der Waals surface area contributed by atoms with Gasteiger partial charge in [0.05, 0.1) is 29.8 Å².